The molecule has 0 fully saturated rings. The second-order valence-electron chi connectivity index (χ2n) is 13.3. The van der Waals surface area contributed by atoms with Gasteiger partial charge in [0.05, 0.1) is 0 Å². The second-order valence-corrected chi connectivity index (χ2v) is 13.3. The van der Waals surface area contributed by atoms with Gasteiger partial charge in [-0.1, -0.05) is 109 Å². The van der Waals surface area contributed by atoms with E-state index in [1.165, 1.54) is 43.4 Å². The van der Waals surface area contributed by atoms with Crippen LogP contribution in [0.4, 0.5) is 17.1 Å². The Balaban J connectivity index is 1.09. The van der Waals surface area contributed by atoms with Crippen LogP contribution in [0.1, 0.15) is 0 Å². The number of anilines is 3. The van der Waals surface area contributed by atoms with Gasteiger partial charge < -0.3 is 13.7 Å². The molecule has 0 saturated heterocycles. The average Bonchev–Trinajstić information content (AvgIpc) is 3.75. The minimum atomic E-state index is 0.861. The fraction of sp³-hybridized carbons (Fsp3) is 0. The zero-order valence-electron chi connectivity index (χ0n) is 27.5. The van der Waals surface area contributed by atoms with E-state index in [9.17, 15) is 0 Å². The van der Waals surface area contributed by atoms with Gasteiger partial charge in [-0.25, -0.2) is 0 Å². The van der Waals surface area contributed by atoms with Gasteiger partial charge in [0.2, 0.25) is 0 Å². The summed E-state index contributed by atoms with van der Waals surface area (Å²) in [5, 5.41) is 12.0. The number of furan rings is 2. The SMILES string of the molecule is c1ccc2c(c1)ccc1cc(-c3ccc(N(c4ccc5c(c4)oc4ccccc45)c4ccc5oc6ccccc6c5c4)cc3)c3ccccc3c12. The predicted octanol–water partition coefficient (Wildman–Crippen LogP) is 14.1. The van der Waals surface area contributed by atoms with Gasteiger partial charge in [0.15, 0.2) is 0 Å². The van der Waals surface area contributed by atoms with Crippen LogP contribution in [0.3, 0.4) is 0 Å². The maximum atomic E-state index is 6.37. The first-order chi connectivity index (χ1) is 25.3. The van der Waals surface area contributed by atoms with E-state index >= 15 is 0 Å². The molecule has 9 aromatic carbocycles. The van der Waals surface area contributed by atoms with Gasteiger partial charge in [-0.2, -0.15) is 0 Å². The number of benzene rings is 9. The lowest BCUT2D eigenvalue weighted by molar-refractivity contribution is 0.668. The van der Waals surface area contributed by atoms with E-state index in [-0.39, 0.29) is 0 Å². The number of para-hydroxylation sites is 2. The average molecular weight is 652 g/mol. The highest BCUT2D eigenvalue weighted by atomic mass is 16.3. The van der Waals surface area contributed by atoms with E-state index in [1.54, 1.807) is 0 Å². The molecule has 0 amide bonds. The predicted molar refractivity (Wildman–Crippen MR) is 214 cm³/mol. The van der Waals surface area contributed by atoms with Gasteiger partial charge in [0, 0.05) is 44.7 Å². The van der Waals surface area contributed by atoms with Gasteiger partial charge in [-0.3, -0.25) is 0 Å². The van der Waals surface area contributed by atoms with E-state index in [2.05, 4.69) is 157 Å². The topological polar surface area (TPSA) is 29.5 Å². The number of rotatable bonds is 4. The molecule has 238 valence electrons. The fourth-order valence-electron chi connectivity index (χ4n) is 8.06. The Morgan fingerprint density at radius 3 is 1.67 bits per heavy atom. The highest BCUT2D eigenvalue weighted by molar-refractivity contribution is 6.23. The zero-order chi connectivity index (χ0) is 33.5. The summed E-state index contributed by atoms with van der Waals surface area (Å²) in [5.74, 6) is 0. The molecule has 0 spiro atoms. The molecule has 11 aromatic rings. The Morgan fingerprint density at radius 1 is 0.314 bits per heavy atom. The van der Waals surface area contributed by atoms with Crippen molar-refractivity contribution in [2.45, 2.75) is 0 Å². The molecule has 2 heterocycles. The van der Waals surface area contributed by atoms with Crippen LogP contribution in [0.5, 0.6) is 0 Å². The summed E-state index contributed by atoms with van der Waals surface area (Å²) in [6.07, 6.45) is 0. The molecular formula is C48H29NO2. The Bertz CT molecular complexity index is 3150. The summed E-state index contributed by atoms with van der Waals surface area (Å²) in [6.45, 7) is 0. The standard InChI is InChI=1S/C48H29NO2/c1-2-10-36-30(9-1)17-18-32-27-42(37-11-3-4-14-41(37)48(32)36)31-19-21-33(22-20-31)49(34-24-26-46-43(28-34)39-13-6-8-16-45(39)50-46)35-23-25-40-38-12-5-7-15-44(38)51-47(40)29-35/h1-29H. The Labute approximate surface area is 293 Å². The molecule has 2 aromatic heterocycles. The van der Waals surface area contributed by atoms with Crippen LogP contribution in [0, 0.1) is 0 Å². The van der Waals surface area contributed by atoms with Crippen molar-refractivity contribution < 1.29 is 8.83 Å². The smallest absolute Gasteiger partial charge is 0.137 e. The fourth-order valence-corrected chi connectivity index (χ4v) is 8.06. The largest absolute Gasteiger partial charge is 0.456 e. The van der Waals surface area contributed by atoms with Crippen molar-refractivity contribution in [3.05, 3.63) is 176 Å². The van der Waals surface area contributed by atoms with Crippen LogP contribution in [-0.2, 0) is 0 Å². The minimum Gasteiger partial charge on any atom is -0.456 e. The highest BCUT2D eigenvalue weighted by Gasteiger charge is 2.18. The molecule has 11 rings (SSSR count). The molecule has 0 unspecified atom stereocenters. The third kappa shape index (κ3) is 4.32. The first-order valence-corrected chi connectivity index (χ1v) is 17.3. The van der Waals surface area contributed by atoms with E-state index in [1.807, 2.05) is 24.3 Å². The summed E-state index contributed by atoms with van der Waals surface area (Å²) in [4.78, 5) is 2.31. The molecule has 51 heavy (non-hydrogen) atoms. The van der Waals surface area contributed by atoms with Crippen LogP contribution in [0.2, 0.25) is 0 Å². The van der Waals surface area contributed by atoms with Crippen molar-refractivity contribution in [1.82, 2.24) is 0 Å². The van der Waals surface area contributed by atoms with Gasteiger partial charge in [0.25, 0.3) is 0 Å². The quantitative estimate of drug-likeness (QED) is 0.177. The van der Waals surface area contributed by atoms with Gasteiger partial charge in [-0.15, -0.1) is 0 Å². The lowest BCUT2D eigenvalue weighted by atomic mass is 9.91. The zero-order valence-corrected chi connectivity index (χ0v) is 27.5. The molecule has 0 bridgehead atoms. The number of hydrogen-bond donors (Lipinski definition) is 0. The Hall–Kier alpha value is -6.84. The molecule has 0 saturated carbocycles. The third-order valence-electron chi connectivity index (χ3n) is 10.4. The number of nitrogens with zero attached hydrogens (tertiary/aromatic N) is 1. The Morgan fingerprint density at radius 2 is 0.863 bits per heavy atom. The molecule has 0 atom stereocenters. The maximum Gasteiger partial charge on any atom is 0.137 e. The summed E-state index contributed by atoms with van der Waals surface area (Å²) < 4.78 is 12.6. The van der Waals surface area contributed by atoms with Crippen molar-refractivity contribution >= 4 is 93.3 Å². The van der Waals surface area contributed by atoms with Crippen molar-refractivity contribution in [3.63, 3.8) is 0 Å². The van der Waals surface area contributed by atoms with E-state index in [0.717, 1.165) is 60.9 Å². The van der Waals surface area contributed by atoms with Crippen molar-refractivity contribution in [2.24, 2.45) is 0 Å². The van der Waals surface area contributed by atoms with Crippen molar-refractivity contribution in [1.29, 1.82) is 0 Å². The van der Waals surface area contributed by atoms with Crippen LogP contribution in [0.15, 0.2) is 185 Å². The lowest BCUT2D eigenvalue weighted by Gasteiger charge is -2.26. The molecule has 0 aliphatic rings. The summed E-state index contributed by atoms with van der Waals surface area (Å²) in [7, 11) is 0. The lowest BCUT2D eigenvalue weighted by Crippen LogP contribution is -2.09. The van der Waals surface area contributed by atoms with E-state index in [4.69, 9.17) is 8.83 Å². The normalized spacial score (nSPS) is 11.9. The number of hydrogen-bond acceptors (Lipinski definition) is 3. The van der Waals surface area contributed by atoms with Crippen LogP contribution in [-0.4, -0.2) is 0 Å². The summed E-state index contributed by atoms with van der Waals surface area (Å²) >= 11 is 0. The first-order valence-electron chi connectivity index (χ1n) is 17.3. The van der Waals surface area contributed by atoms with E-state index in [0.29, 0.717) is 0 Å². The van der Waals surface area contributed by atoms with Crippen LogP contribution >= 0.6 is 0 Å². The molecule has 0 aliphatic carbocycles. The Kier molecular flexibility index (Phi) is 5.96. The summed E-state index contributed by atoms with van der Waals surface area (Å²) in [5.41, 5.74) is 9.03. The van der Waals surface area contributed by atoms with Crippen molar-refractivity contribution in [2.75, 3.05) is 4.90 Å². The van der Waals surface area contributed by atoms with Gasteiger partial charge in [0.1, 0.15) is 22.3 Å². The number of fused-ring (bicyclic) bond motifs is 11. The maximum absolute atomic E-state index is 6.37. The third-order valence-corrected chi connectivity index (χ3v) is 10.4. The van der Waals surface area contributed by atoms with E-state index < -0.39 is 0 Å². The minimum absolute atomic E-state index is 0.861. The van der Waals surface area contributed by atoms with Gasteiger partial charge >= 0.3 is 0 Å². The molecule has 0 N–H and O–H groups in total. The molecule has 3 nitrogen and oxygen atoms in total. The molecule has 0 aliphatic heterocycles. The van der Waals surface area contributed by atoms with Crippen molar-refractivity contribution in [3.8, 4) is 11.1 Å². The molecule has 3 heteroatoms. The highest BCUT2D eigenvalue weighted by Crippen LogP contribution is 2.43. The molecular weight excluding hydrogens is 623 g/mol. The summed E-state index contributed by atoms with van der Waals surface area (Å²) in [6, 6.07) is 62.7. The second kappa shape index (κ2) is 10.8. The van der Waals surface area contributed by atoms with Gasteiger partial charge in [-0.05, 0) is 104 Å². The first kappa shape index (κ1) is 28.0. The molecule has 0 radical (unpaired) electrons. The van der Waals surface area contributed by atoms with Crippen LogP contribution in [0.25, 0.3) is 87.3 Å². The monoisotopic (exact) mass is 651 g/mol. The van der Waals surface area contributed by atoms with Crippen LogP contribution < -0.4 is 4.90 Å².